The van der Waals surface area contributed by atoms with Crippen LogP contribution in [-0.4, -0.2) is 22.4 Å². The largest absolute Gasteiger partial charge is 0.351 e. The van der Waals surface area contributed by atoms with E-state index < -0.39 is 17.8 Å². The van der Waals surface area contributed by atoms with E-state index in [4.69, 9.17) is 23.2 Å². The van der Waals surface area contributed by atoms with Gasteiger partial charge in [0, 0.05) is 18.4 Å². The summed E-state index contributed by atoms with van der Waals surface area (Å²) in [6.07, 6.45) is 10.0. The van der Waals surface area contributed by atoms with Gasteiger partial charge in [-0.15, -0.1) is 0 Å². The molecule has 144 valence electrons. The maximum atomic E-state index is 12.9. The summed E-state index contributed by atoms with van der Waals surface area (Å²) in [4.78, 5) is 38.4. The summed E-state index contributed by atoms with van der Waals surface area (Å²) in [6.45, 7) is 0. The highest BCUT2D eigenvalue weighted by Gasteiger charge is 2.38. The molecule has 28 heavy (non-hydrogen) atoms. The highest BCUT2D eigenvalue weighted by molar-refractivity contribution is 6.46. The number of rotatable bonds is 3. The van der Waals surface area contributed by atoms with Crippen molar-refractivity contribution in [3.8, 4) is 0 Å². The van der Waals surface area contributed by atoms with E-state index in [0.29, 0.717) is 6.04 Å². The number of nitrogens with one attached hydrogen (secondary N) is 1. The van der Waals surface area contributed by atoms with Gasteiger partial charge in [-0.3, -0.25) is 14.9 Å². The number of carbonyl (C=O) groups is 3. The number of halogens is 2. The molecule has 6 nitrogen and oxygen atoms in total. The molecule has 2 aliphatic rings. The topological polar surface area (TPSA) is 71.4 Å². The van der Waals surface area contributed by atoms with Crippen LogP contribution < -0.4 is 10.2 Å². The first-order valence-corrected chi connectivity index (χ1v) is 9.74. The number of amides is 4. The average Bonchev–Trinajstić information content (AvgIpc) is 3.33. The molecular weight excluding hydrogens is 401 g/mol. The van der Waals surface area contributed by atoms with Crippen molar-refractivity contribution in [3.05, 3.63) is 57.8 Å². The van der Waals surface area contributed by atoms with Crippen molar-refractivity contribution < 1.29 is 14.4 Å². The zero-order valence-corrected chi connectivity index (χ0v) is 16.3. The van der Waals surface area contributed by atoms with Gasteiger partial charge in [0.1, 0.15) is 5.57 Å². The number of benzene rings is 1. The maximum Gasteiger partial charge on any atom is 0.336 e. The molecule has 4 rings (SSSR count). The van der Waals surface area contributed by atoms with Crippen molar-refractivity contribution in [2.45, 2.75) is 31.7 Å². The third kappa shape index (κ3) is 3.34. The number of imide groups is 2. The molecule has 1 saturated heterocycles. The number of aromatic nitrogens is 1. The number of carbonyl (C=O) groups excluding carboxylic acids is 3. The third-order valence-electron chi connectivity index (χ3n) is 5.07. The van der Waals surface area contributed by atoms with Crippen LogP contribution in [0.15, 0.2) is 42.2 Å². The van der Waals surface area contributed by atoms with Crippen LogP contribution in [0.3, 0.4) is 0 Å². The van der Waals surface area contributed by atoms with Gasteiger partial charge < -0.3 is 4.57 Å². The van der Waals surface area contributed by atoms with Gasteiger partial charge in [-0.25, -0.2) is 9.69 Å². The molecule has 2 fully saturated rings. The second-order valence-electron chi connectivity index (χ2n) is 6.86. The minimum Gasteiger partial charge on any atom is -0.351 e. The summed E-state index contributed by atoms with van der Waals surface area (Å²) in [5, 5.41) is 2.46. The fourth-order valence-electron chi connectivity index (χ4n) is 3.65. The van der Waals surface area contributed by atoms with Gasteiger partial charge in [0.05, 0.1) is 15.7 Å². The fraction of sp³-hybridized carbons (Fsp3) is 0.250. The number of hydrogen-bond donors (Lipinski definition) is 1. The molecule has 1 aromatic carbocycles. The molecule has 1 N–H and O–H groups in total. The van der Waals surface area contributed by atoms with Gasteiger partial charge in [0.25, 0.3) is 11.8 Å². The van der Waals surface area contributed by atoms with Gasteiger partial charge in [0.15, 0.2) is 0 Å². The van der Waals surface area contributed by atoms with Gasteiger partial charge >= 0.3 is 6.03 Å². The van der Waals surface area contributed by atoms with Crippen LogP contribution in [0.1, 0.15) is 37.3 Å². The quantitative estimate of drug-likeness (QED) is 0.586. The van der Waals surface area contributed by atoms with Crippen LogP contribution >= 0.6 is 23.2 Å². The predicted octanol–water partition coefficient (Wildman–Crippen LogP) is 4.58. The van der Waals surface area contributed by atoms with Crippen molar-refractivity contribution in [1.82, 2.24) is 9.88 Å². The Bertz CT molecular complexity index is 1010. The van der Waals surface area contributed by atoms with Crippen molar-refractivity contribution in [2.24, 2.45) is 0 Å². The monoisotopic (exact) mass is 417 g/mol. The predicted molar refractivity (Wildman–Crippen MR) is 107 cm³/mol. The maximum absolute atomic E-state index is 12.9. The first kappa shape index (κ1) is 18.8. The standard InChI is InChI=1S/C20H17Cl2N3O3/c21-15-6-3-7-16(17(15)22)25-19(27)14(18(26)23-20(25)28)10-12-8-9-24(11-12)13-4-1-2-5-13/h3,6-11,13H,1-2,4-5H2,(H,23,26,28)/b14-10-. The molecule has 1 aliphatic heterocycles. The molecule has 0 radical (unpaired) electrons. The van der Waals surface area contributed by atoms with E-state index in [2.05, 4.69) is 9.88 Å². The van der Waals surface area contributed by atoms with Gasteiger partial charge in [-0.05, 0) is 42.7 Å². The van der Waals surface area contributed by atoms with Crippen molar-refractivity contribution in [2.75, 3.05) is 4.90 Å². The lowest BCUT2D eigenvalue weighted by Gasteiger charge is -2.27. The molecule has 8 heteroatoms. The van der Waals surface area contributed by atoms with E-state index in [1.807, 2.05) is 18.5 Å². The molecule has 1 aromatic heterocycles. The highest BCUT2D eigenvalue weighted by atomic mass is 35.5. The highest BCUT2D eigenvalue weighted by Crippen LogP contribution is 2.34. The van der Waals surface area contributed by atoms with E-state index in [0.717, 1.165) is 23.3 Å². The molecule has 1 aliphatic carbocycles. The van der Waals surface area contributed by atoms with E-state index in [9.17, 15) is 14.4 Å². The summed E-state index contributed by atoms with van der Waals surface area (Å²) in [6, 6.07) is 6.06. The lowest BCUT2D eigenvalue weighted by molar-refractivity contribution is -0.122. The van der Waals surface area contributed by atoms with Crippen molar-refractivity contribution >= 4 is 52.8 Å². The normalized spacial score (nSPS) is 19.6. The molecular formula is C20H17Cl2N3O3. The van der Waals surface area contributed by atoms with Crippen molar-refractivity contribution in [1.29, 1.82) is 0 Å². The number of nitrogens with zero attached hydrogens (tertiary/aromatic N) is 2. The SMILES string of the molecule is O=C1NC(=O)N(c2cccc(Cl)c2Cl)C(=O)/C1=C\c1ccn(C2CCCC2)c1. The van der Waals surface area contributed by atoms with Gasteiger partial charge in [-0.1, -0.05) is 42.1 Å². The first-order valence-electron chi connectivity index (χ1n) is 8.98. The third-order valence-corrected chi connectivity index (χ3v) is 5.88. The summed E-state index contributed by atoms with van der Waals surface area (Å²) in [5.41, 5.74) is 0.704. The Hall–Kier alpha value is -2.57. The van der Waals surface area contributed by atoms with E-state index in [1.165, 1.54) is 25.0 Å². The van der Waals surface area contributed by atoms with E-state index in [1.54, 1.807) is 12.1 Å². The second-order valence-corrected chi connectivity index (χ2v) is 7.65. The van der Waals surface area contributed by atoms with Crippen LogP contribution in [0, 0.1) is 0 Å². The average molecular weight is 418 g/mol. The molecule has 0 atom stereocenters. The van der Waals surface area contributed by atoms with E-state index >= 15 is 0 Å². The fourth-order valence-corrected chi connectivity index (χ4v) is 4.03. The zero-order chi connectivity index (χ0) is 19.8. The van der Waals surface area contributed by atoms with Crippen LogP contribution in [0.2, 0.25) is 10.0 Å². The number of barbiturate groups is 1. The van der Waals surface area contributed by atoms with Gasteiger partial charge in [-0.2, -0.15) is 0 Å². The minimum atomic E-state index is -0.861. The minimum absolute atomic E-state index is 0.0637. The molecule has 0 spiro atoms. The van der Waals surface area contributed by atoms with Crippen molar-refractivity contribution in [3.63, 3.8) is 0 Å². The molecule has 4 amide bonds. The Morgan fingerprint density at radius 3 is 2.57 bits per heavy atom. The summed E-state index contributed by atoms with van der Waals surface area (Å²) >= 11 is 12.2. The second kappa shape index (κ2) is 7.45. The Balaban J connectivity index is 1.68. The zero-order valence-electron chi connectivity index (χ0n) is 14.8. The van der Waals surface area contributed by atoms with Crippen LogP contribution in [-0.2, 0) is 9.59 Å². The lowest BCUT2D eigenvalue weighted by Crippen LogP contribution is -2.54. The summed E-state index contributed by atoms with van der Waals surface area (Å²) in [7, 11) is 0. The van der Waals surface area contributed by atoms with Gasteiger partial charge in [0.2, 0.25) is 0 Å². The molecule has 2 aromatic rings. The van der Waals surface area contributed by atoms with Crippen LogP contribution in [0.25, 0.3) is 6.08 Å². The van der Waals surface area contributed by atoms with Crippen LogP contribution in [0.4, 0.5) is 10.5 Å². The number of hydrogen-bond acceptors (Lipinski definition) is 3. The Labute approximate surface area is 171 Å². The van der Waals surface area contributed by atoms with E-state index in [-0.39, 0.29) is 21.3 Å². The Morgan fingerprint density at radius 1 is 1.07 bits per heavy atom. The lowest BCUT2D eigenvalue weighted by atomic mass is 10.1. The molecule has 0 bridgehead atoms. The summed E-state index contributed by atoms with van der Waals surface area (Å²) < 4.78 is 2.11. The Kier molecular flexibility index (Phi) is 5.00. The molecule has 0 unspecified atom stereocenters. The smallest absolute Gasteiger partial charge is 0.336 e. The molecule has 1 saturated carbocycles. The first-order chi connectivity index (χ1) is 13.5. The number of anilines is 1. The number of urea groups is 1. The summed E-state index contributed by atoms with van der Waals surface area (Å²) in [5.74, 6) is -1.48. The molecule has 2 heterocycles. The Morgan fingerprint density at radius 2 is 1.82 bits per heavy atom. The van der Waals surface area contributed by atoms with Crippen LogP contribution in [0.5, 0.6) is 0 Å².